The molecule has 7 heteroatoms. The number of carbonyl (C=O) groups excluding carboxylic acids is 1. The number of hydrogen-bond acceptors (Lipinski definition) is 6. The van der Waals surface area contributed by atoms with Crippen LogP contribution in [0.1, 0.15) is 20.8 Å². The van der Waals surface area contributed by atoms with Gasteiger partial charge in [-0.2, -0.15) is 11.3 Å². The first-order valence-corrected chi connectivity index (χ1v) is 8.33. The molecule has 1 N–H and O–H groups in total. The van der Waals surface area contributed by atoms with Gasteiger partial charge < -0.3 is 15.0 Å². The predicted octanol–water partition coefficient (Wildman–Crippen LogP) is 3.17. The third-order valence-corrected chi connectivity index (χ3v) is 3.60. The van der Waals surface area contributed by atoms with Gasteiger partial charge in [-0.3, -0.25) is 0 Å². The summed E-state index contributed by atoms with van der Waals surface area (Å²) in [6.07, 6.45) is 1.33. The van der Waals surface area contributed by atoms with Crippen molar-refractivity contribution in [1.29, 1.82) is 0 Å². The molecule has 2 rings (SSSR count). The van der Waals surface area contributed by atoms with Crippen molar-refractivity contribution in [1.82, 2.24) is 15.3 Å². The summed E-state index contributed by atoms with van der Waals surface area (Å²) in [5, 5.41) is 6.80. The van der Waals surface area contributed by atoms with Gasteiger partial charge in [0.15, 0.2) is 0 Å². The zero-order valence-electron chi connectivity index (χ0n) is 13.9. The number of hydrogen-bond donors (Lipinski definition) is 1. The van der Waals surface area contributed by atoms with Gasteiger partial charge in [0.05, 0.1) is 5.69 Å². The number of nitrogens with zero attached hydrogens (tertiary/aromatic N) is 3. The van der Waals surface area contributed by atoms with E-state index in [-0.39, 0.29) is 0 Å². The monoisotopic (exact) mass is 334 g/mol. The summed E-state index contributed by atoms with van der Waals surface area (Å²) in [6.45, 7) is 6.55. The third-order valence-electron chi connectivity index (χ3n) is 2.92. The Morgan fingerprint density at radius 2 is 2.17 bits per heavy atom. The van der Waals surface area contributed by atoms with Crippen molar-refractivity contribution in [2.24, 2.45) is 0 Å². The lowest BCUT2D eigenvalue weighted by Gasteiger charge is -2.21. The van der Waals surface area contributed by atoms with Crippen molar-refractivity contribution < 1.29 is 9.53 Å². The maximum atomic E-state index is 11.6. The van der Waals surface area contributed by atoms with E-state index in [1.54, 1.807) is 17.5 Å². The van der Waals surface area contributed by atoms with E-state index >= 15 is 0 Å². The summed E-state index contributed by atoms with van der Waals surface area (Å²) in [5.41, 5.74) is 1.48. The number of thiophene rings is 1. The Morgan fingerprint density at radius 1 is 1.39 bits per heavy atom. The van der Waals surface area contributed by atoms with Crippen molar-refractivity contribution >= 4 is 23.4 Å². The number of aromatic nitrogens is 2. The Balaban J connectivity index is 1.88. The standard InChI is InChI=1S/C16H22N4O2S/c1-16(2,3)22-15(21)18-8-9-20(4)14-17-7-5-13(19-14)12-6-10-23-11-12/h5-7,10-11H,8-9H2,1-4H3,(H,18,21). The topological polar surface area (TPSA) is 67.4 Å². The number of nitrogens with one attached hydrogen (secondary N) is 1. The van der Waals surface area contributed by atoms with Crippen molar-refractivity contribution in [3.8, 4) is 11.3 Å². The van der Waals surface area contributed by atoms with Crippen molar-refractivity contribution in [3.05, 3.63) is 29.1 Å². The Labute approximate surface area is 140 Å². The quantitative estimate of drug-likeness (QED) is 0.910. The average Bonchev–Trinajstić information content (AvgIpc) is 2.99. The molecule has 23 heavy (non-hydrogen) atoms. The van der Waals surface area contributed by atoms with Crippen molar-refractivity contribution in [2.45, 2.75) is 26.4 Å². The van der Waals surface area contributed by atoms with Crippen LogP contribution in [0.5, 0.6) is 0 Å². The molecule has 0 aliphatic rings. The number of likely N-dealkylation sites (N-methyl/N-ethyl adjacent to an activating group) is 1. The number of carbonyl (C=O) groups is 1. The smallest absolute Gasteiger partial charge is 0.407 e. The molecule has 0 saturated heterocycles. The van der Waals surface area contributed by atoms with E-state index in [4.69, 9.17) is 4.74 Å². The first-order chi connectivity index (χ1) is 10.8. The highest BCUT2D eigenvalue weighted by Gasteiger charge is 2.16. The molecule has 124 valence electrons. The number of anilines is 1. The van der Waals surface area contributed by atoms with Crippen LogP contribution in [0, 0.1) is 0 Å². The molecule has 0 saturated carbocycles. The molecule has 0 spiro atoms. The molecule has 6 nitrogen and oxygen atoms in total. The molecule has 2 heterocycles. The Morgan fingerprint density at radius 3 is 2.83 bits per heavy atom. The van der Waals surface area contributed by atoms with Crippen molar-refractivity contribution in [3.63, 3.8) is 0 Å². The summed E-state index contributed by atoms with van der Waals surface area (Å²) in [5.74, 6) is 0.625. The van der Waals surface area contributed by atoms with Gasteiger partial charge in [0.1, 0.15) is 5.60 Å². The van der Waals surface area contributed by atoms with E-state index in [0.717, 1.165) is 11.3 Å². The molecule has 2 aromatic heterocycles. The molecular formula is C16H22N4O2S. The van der Waals surface area contributed by atoms with E-state index in [9.17, 15) is 4.79 Å². The van der Waals surface area contributed by atoms with Gasteiger partial charge in [-0.15, -0.1) is 0 Å². The summed E-state index contributed by atoms with van der Waals surface area (Å²) in [4.78, 5) is 22.3. The highest BCUT2D eigenvalue weighted by molar-refractivity contribution is 7.08. The number of amides is 1. The first kappa shape index (κ1) is 17.2. The van der Waals surface area contributed by atoms with Crippen LogP contribution in [0.25, 0.3) is 11.3 Å². The van der Waals surface area contributed by atoms with Crippen LogP contribution in [0.3, 0.4) is 0 Å². The lowest BCUT2D eigenvalue weighted by molar-refractivity contribution is 0.0529. The summed E-state index contributed by atoms with van der Waals surface area (Å²) >= 11 is 1.63. The van der Waals surface area contributed by atoms with Crippen LogP contribution in [-0.4, -0.2) is 41.8 Å². The van der Waals surface area contributed by atoms with Gasteiger partial charge in [0, 0.05) is 37.3 Å². The fourth-order valence-electron chi connectivity index (χ4n) is 1.84. The molecule has 0 unspecified atom stereocenters. The molecule has 0 fully saturated rings. The summed E-state index contributed by atoms with van der Waals surface area (Å²) in [6, 6.07) is 3.92. The molecule has 0 atom stereocenters. The van der Waals surface area contributed by atoms with Crippen LogP contribution in [0.2, 0.25) is 0 Å². The minimum Gasteiger partial charge on any atom is -0.444 e. The Kier molecular flexibility index (Phi) is 5.54. The Bertz CT molecular complexity index is 638. The van der Waals surface area contributed by atoms with Crippen LogP contribution < -0.4 is 10.2 Å². The van der Waals surface area contributed by atoms with E-state index in [0.29, 0.717) is 19.0 Å². The van der Waals surface area contributed by atoms with Gasteiger partial charge >= 0.3 is 6.09 Å². The minimum absolute atomic E-state index is 0.418. The molecule has 0 radical (unpaired) electrons. The highest BCUT2D eigenvalue weighted by Crippen LogP contribution is 2.20. The van der Waals surface area contributed by atoms with E-state index in [1.807, 2.05) is 50.2 Å². The zero-order chi connectivity index (χ0) is 16.9. The number of rotatable bonds is 5. The molecule has 0 aromatic carbocycles. The first-order valence-electron chi connectivity index (χ1n) is 7.39. The van der Waals surface area contributed by atoms with E-state index < -0.39 is 11.7 Å². The molecule has 0 bridgehead atoms. The zero-order valence-corrected chi connectivity index (χ0v) is 14.7. The third kappa shape index (κ3) is 5.52. The largest absolute Gasteiger partial charge is 0.444 e. The maximum absolute atomic E-state index is 11.6. The predicted molar refractivity (Wildman–Crippen MR) is 92.9 cm³/mol. The van der Waals surface area contributed by atoms with Gasteiger partial charge in [0.2, 0.25) is 5.95 Å². The lowest BCUT2D eigenvalue weighted by atomic mass is 10.2. The number of alkyl carbamates (subject to hydrolysis) is 1. The molecule has 0 aliphatic carbocycles. The van der Waals surface area contributed by atoms with Crippen LogP contribution in [-0.2, 0) is 4.74 Å². The van der Waals surface area contributed by atoms with Crippen molar-refractivity contribution in [2.75, 3.05) is 25.0 Å². The molecule has 0 aliphatic heterocycles. The van der Waals surface area contributed by atoms with Crippen LogP contribution in [0.15, 0.2) is 29.1 Å². The van der Waals surface area contributed by atoms with Gasteiger partial charge in [-0.25, -0.2) is 14.8 Å². The normalized spacial score (nSPS) is 11.1. The SMILES string of the molecule is CN(CCNC(=O)OC(C)(C)C)c1nccc(-c2ccsc2)n1. The van der Waals surface area contributed by atoms with Crippen LogP contribution in [0.4, 0.5) is 10.7 Å². The number of ether oxygens (including phenoxy) is 1. The maximum Gasteiger partial charge on any atom is 0.407 e. The second kappa shape index (κ2) is 7.41. The fraction of sp³-hybridized carbons (Fsp3) is 0.438. The minimum atomic E-state index is -0.492. The van der Waals surface area contributed by atoms with Crippen LogP contribution >= 0.6 is 11.3 Å². The highest BCUT2D eigenvalue weighted by atomic mass is 32.1. The second-order valence-corrected chi connectivity index (χ2v) is 6.88. The van der Waals surface area contributed by atoms with Gasteiger partial charge in [0.25, 0.3) is 0 Å². The summed E-state index contributed by atoms with van der Waals surface area (Å²) < 4.78 is 5.19. The molecule has 1 amide bonds. The van der Waals surface area contributed by atoms with Gasteiger partial charge in [-0.1, -0.05) is 0 Å². The van der Waals surface area contributed by atoms with E-state index in [2.05, 4.69) is 20.7 Å². The second-order valence-electron chi connectivity index (χ2n) is 6.10. The fourth-order valence-corrected chi connectivity index (χ4v) is 2.49. The molecule has 2 aromatic rings. The van der Waals surface area contributed by atoms with E-state index in [1.165, 1.54) is 0 Å². The lowest BCUT2D eigenvalue weighted by Crippen LogP contribution is -2.37. The van der Waals surface area contributed by atoms with Gasteiger partial charge in [-0.05, 0) is 38.3 Å². The molecular weight excluding hydrogens is 312 g/mol. The summed E-state index contributed by atoms with van der Waals surface area (Å²) in [7, 11) is 1.89. The Hall–Kier alpha value is -2.15. The average molecular weight is 334 g/mol.